The Bertz CT molecular complexity index is 289. The number of amides is 2. The van der Waals surface area contributed by atoms with E-state index < -0.39 is 0 Å². The van der Waals surface area contributed by atoms with Gasteiger partial charge in [-0.05, 0) is 33.1 Å². The van der Waals surface area contributed by atoms with Gasteiger partial charge in [0.15, 0.2) is 0 Å². The highest BCUT2D eigenvalue weighted by Gasteiger charge is 2.39. The highest BCUT2D eigenvalue weighted by molar-refractivity contribution is 5.75. The van der Waals surface area contributed by atoms with Gasteiger partial charge in [-0.3, -0.25) is 0 Å². The Balaban J connectivity index is 1.86. The van der Waals surface area contributed by atoms with E-state index in [1.165, 1.54) is 6.42 Å². The maximum atomic E-state index is 12.2. The van der Waals surface area contributed by atoms with E-state index in [2.05, 4.69) is 19.2 Å². The SMILES string of the molecule is CC1CCCC(C)N1C(=O)NCC1(CO)COC1. The zero-order chi connectivity index (χ0) is 13.2. The van der Waals surface area contributed by atoms with Gasteiger partial charge in [0, 0.05) is 18.6 Å². The van der Waals surface area contributed by atoms with Crippen LogP contribution in [0.25, 0.3) is 0 Å². The molecule has 2 aliphatic heterocycles. The summed E-state index contributed by atoms with van der Waals surface area (Å²) in [5.41, 5.74) is -0.252. The molecule has 2 N–H and O–H groups in total. The second-order valence-electron chi connectivity index (χ2n) is 5.85. The fraction of sp³-hybridized carbons (Fsp3) is 0.923. The molecule has 0 spiro atoms. The Morgan fingerprint density at radius 3 is 2.44 bits per heavy atom. The van der Waals surface area contributed by atoms with Crippen molar-refractivity contribution in [3.05, 3.63) is 0 Å². The van der Waals surface area contributed by atoms with E-state index in [1.807, 2.05) is 4.90 Å². The summed E-state index contributed by atoms with van der Waals surface area (Å²) >= 11 is 0. The number of nitrogens with zero attached hydrogens (tertiary/aromatic N) is 1. The van der Waals surface area contributed by atoms with Gasteiger partial charge in [0.2, 0.25) is 0 Å². The molecule has 2 heterocycles. The van der Waals surface area contributed by atoms with Gasteiger partial charge in [0.1, 0.15) is 0 Å². The van der Waals surface area contributed by atoms with Crippen LogP contribution in [0.1, 0.15) is 33.1 Å². The summed E-state index contributed by atoms with van der Waals surface area (Å²) in [6, 6.07) is 0.599. The molecule has 2 atom stereocenters. The highest BCUT2D eigenvalue weighted by Crippen LogP contribution is 2.26. The normalized spacial score (nSPS) is 30.7. The summed E-state index contributed by atoms with van der Waals surface area (Å²) in [6.45, 7) is 5.84. The molecule has 104 valence electrons. The van der Waals surface area contributed by atoms with E-state index in [4.69, 9.17) is 4.74 Å². The number of aliphatic hydroxyl groups excluding tert-OH is 1. The molecule has 2 fully saturated rings. The minimum Gasteiger partial charge on any atom is -0.396 e. The van der Waals surface area contributed by atoms with Gasteiger partial charge in [-0.15, -0.1) is 0 Å². The van der Waals surface area contributed by atoms with Crippen LogP contribution in [-0.2, 0) is 4.74 Å². The summed E-state index contributed by atoms with van der Waals surface area (Å²) in [4.78, 5) is 14.2. The van der Waals surface area contributed by atoms with Gasteiger partial charge in [-0.25, -0.2) is 4.79 Å². The van der Waals surface area contributed by atoms with Gasteiger partial charge in [-0.1, -0.05) is 0 Å². The van der Waals surface area contributed by atoms with Crippen LogP contribution in [-0.4, -0.2) is 54.5 Å². The molecule has 0 aromatic carbocycles. The monoisotopic (exact) mass is 256 g/mol. The molecule has 0 saturated carbocycles. The molecule has 18 heavy (non-hydrogen) atoms. The number of urea groups is 1. The predicted octanol–water partition coefficient (Wildman–Crippen LogP) is 0.968. The van der Waals surface area contributed by atoms with Gasteiger partial charge in [0.25, 0.3) is 0 Å². The summed E-state index contributed by atoms with van der Waals surface area (Å²) in [5.74, 6) is 0. The van der Waals surface area contributed by atoms with Crippen LogP contribution in [0.15, 0.2) is 0 Å². The molecule has 5 heteroatoms. The van der Waals surface area contributed by atoms with Crippen molar-refractivity contribution in [1.29, 1.82) is 0 Å². The van der Waals surface area contributed by atoms with Gasteiger partial charge in [-0.2, -0.15) is 0 Å². The molecule has 0 aliphatic carbocycles. The van der Waals surface area contributed by atoms with E-state index in [-0.39, 0.29) is 18.1 Å². The third-order valence-corrected chi connectivity index (χ3v) is 4.19. The van der Waals surface area contributed by atoms with Crippen LogP contribution in [0.2, 0.25) is 0 Å². The largest absolute Gasteiger partial charge is 0.396 e. The van der Waals surface area contributed by atoms with Crippen molar-refractivity contribution in [1.82, 2.24) is 10.2 Å². The number of hydrogen-bond donors (Lipinski definition) is 2. The lowest BCUT2D eigenvalue weighted by molar-refractivity contribution is -0.133. The molecule has 2 amide bonds. The van der Waals surface area contributed by atoms with Crippen LogP contribution in [0, 0.1) is 5.41 Å². The van der Waals surface area contributed by atoms with Crippen molar-refractivity contribution < 1.29 is 14.6 Å². The molecule has 0 aromatic rings. The standard InChI is InChI=1S/C13H24N2O3/c1-10-4-3-5-11(2)15(10)12(17)14-6-13(7-16)8-18-9-13/h10-11,16H,3-9H2,1-2H3,(H,14,17). The average molecular weight is 256 g/mol. The Labute approximate surface area is 108 Å². The Kier molecular flexibility index (Phi) is 4.12. The molecular formula is C13H24N2O3. The molecule has 2 saturated heterocycles. The molecule has 2 aliphatic rings. The number of hydrogen-bond acceptors (Lipinski definition) is 3. The third-order valence-electron chi connectivity index (χ3n) is 4.19. The van der Waals surface area contributed by atoms with Gasteiger partial charge < -0.3 is 20.1 Å². The number of carbonyl (C=O) groups excluding carboxylic acids is 1. The quantitative estimate of drug-likeness (QED) is 0.791. The molecule has 2 rings (SSSR count). The van der Waals surface area contributed by atoms with Crippen LogP contribution in [0.5, 0.6) is 0 Å². The van der Waals surface area contributed by atoms with E-state index in [0.29, 0.717) is 31.8 Å². The lowest BCUT2D eigenvalue weighted by Crippen LogP contribution is -2.57. The Morgan fingerprint density at radius 2 is 2.00 bits per heavy atom. The first-order valence-electron chi connectivity index (χ1n) is 6.83. The maximum Gasteiger partial charge on any atom is 0.317 e. The summed E-state index contributed by atoms with van der Waals surface area (Å²) in [6.07, 6.45) is 3.35. The molecule has 0 bridgehead atoms. The first-order chi connectivity index (χ1) is 8.58. The molecule has 0 aromatic heterocycles. The number of rotatable bonds is 3. The average Bonchev–Trinajstić information content (AvgIpc) is 2.28. The fourth-order valence-corrected chi connectivity index (χ4v) is 2.82. The van der Waals surface area contributed by atoms with E-state index in [9.17, 15) is 9.90 Å². The topological polar surface area (TPSA) is 61.8 Å². The summed E-state index contributed by atoms with van der Waals surface area (Å²) in [5, 5.41) is 12.3. The van der Waals surface area contributed by atoms with E-state index in [1.54, 1.807) is 0 Å². The number of likely N-dealkylation sites (tertiary alicyclic amines) is 1. The highest BCUT2D eigenvalue weighted by atomic mass is 16.5. The predicted molar refractivity (Wildman–Crippen MR) is 68.4 cm³/mol. The maximum absolute atomic E-state index is 12.2. The van der Waals surface area contributed by atoms with E-state index in [0.717, 1.165) is 12.8 Å². The van der Waals surface area contributed by atoms with Crippen molar-refractivity contribution in [2.24, 2.45) is 5.41 Å². The zero-order valence-electron chi connectivity index (χ0n) is 11.3. The van der Waals surface area contributed by atoms with Gasteiger partial charge in [0.05, 0.1) is 25.2 Å². The smallest absolute Gasteiger partial charge is 0.317 e. The minimum absolute atomic E-state index is 0.00516. The van der Waals surface area contributed by atoms with Crippen LogP contribution < -0.4 is 5.32 Å². The Hall–Kier alpha value is -0.810. The number of aliphatic hydroxyl groups is 1. The zero-order valence-corrected chi connectivity index (χ0v) is 11.3. The van der Waals surface area contributed by atoms with Crippen molar-refractivity contribution in [2.45, 2.75) is 45.2 Å². The van der Waals surface area contributed by atoms with Crippen molar-refractivity contribution in [3.8, 4) is 0 Å². The van der Waals surface area contributed by atoms with Crippen molar-refractivity contribution in [2.75, 3.05) is 26.4 Å². The lowest BCUT2D eigenvalue weighted by Gasteiger charge is -2.42. The molecule has 0 radical (unpaired) electrons. The number of carbonyl (C=O) groups is 1. The molecule has 2 unspecified atom stereocenters. The fourth-order valence-electron chi connectivity index (χ4n) is 2.82. The lowest BCUT2D eigenvalue weighted by atomic mass is 9.87. The van der Waals surface area contributed by atoms with Crippen LogP contribution in [0.3, 0.4) is 0 Å². The Morgan fingerprint density at radius 1 is 1.39 bits per heavy atom. The van der Waals surface area contributed by atoms with Gasteiger partial charge >= 0.3 is 6.03 Å². The summed E-state index contributed by atoms with van der Waals surface area (Å²) in [7, 11) is 0. The molecular weight excluding hydrogens is 232 g/mol. The second-order valence-corrected chi connectivity index (χ2v) is 5.85. The molecule has 5 nitrogen and oxygen atoms in total. The van der Waals surface area contributed by atoms with E-state index >= 15 is 0 Å². The number of nitrogens with one attached hydrogen (secondary N) is 1. The number of piperidine rings is 1. The van der Waals surface area contributed by atoms with Crippen LogP contribution in [0.4, 0.5) is 4.79 Å². The second kappa shape index (κ2) is 5.45. The van der Waals surface area contributed by atoms with Crippen LogP contribution >= 0.6 is 0 Å². The first-order valence-corrected chi connectivity index (χ1v) is 6.83. The third kappa shape index (κ3) is 2.62. The van der Waals surface area contributed by atoms with Crippen molar-refractivity contribution in [3.63, 3.8) is 0 Å². The first kappa shape index (κ1) is 13.6. The number of ether oxygens (including phenoxy) is 1. The van der Waals surface area contributed by atoms with Crippen molar-refractivity contribution >= 4 is 6.03 Å². The minimum atomic E-state index is -0.252. The summed E-state index contributed by atoms with van der Waals surface area (Å²) < 4.78 is 5.12.